The average molecular weight is 213 g/mol. The molecule has 0 N–H and O–H groups in total. The molecule has 0 saturated carbocycles. The lowest BCUT2D eigenvalue weighted by molar-refractivity contribution is -0.141. The first kappa shape index (κ1) is 13.0. The summed E-state index contributed by atoms with van der Waals surface area (Å²) in [5.74, 6) is -1.61. The van der Waals surface area contributed by atoms with Crippen LogP contribution in [0.4, 0.5) is 0 Å². The fraction of sp³-hybridized carbons (Fsp3) is 0.500. The highest BCUT2D eigenvalue weighted by molar-refractivity contribution is 5.96. The number of carbonyl (C=O) groups is 2. The van der Waals surface area contributed by atoms with Crippen LogP contribution in [-0.4, -0.2) is 25.2 Å². The Morgan fingerprint density at radius 2 is 1.93 bits per heavy atom. The molecular weight excluding hydrogens is 202 g/mol. The SMILES string of the molecule is CCOC(=O)/C=C(/N=[N+]=[N-])C(=O)OCC. The molecule has 0 fully saturated rings. The number of nitrogens with zero attached hydrogens (tertiary/aromatic N) is 3. The van der Waals surface area contributed by atoms with Crippen molar-refractivity contribution in [1.29, 1.82) is 0 Å². The molecule has 0 unspecified atom stereocenters. The zero-order valence-corrected chi connectivity index (χ0v) is 8.47. The number of ether oxygens (including phenoxy) is 2. The van der Waals surface area contributed by atoms with Gasteiger partial charge in [-0.25, -0.2) is 9.59 Å². The summed E-state index contributed by atoms with van der Waals surface area (Å²) in [6, 6.07) is 0. The molecule has 0 aromatic carbocycles. The van der Waals surface area contributed by atoms with Crippen LogP contribution in [0.1, 0.15) is 13.8 Å². The van der Waals surface area contributed by atoms with Crippen LogP contribution in [-0.2, 0) is 19.1 Å². The van der Waals surface area contributed by atoms with E-state index >= 15 is 0 Å². The second-order valence-corrected chi connectivity index (χ2v) is 2.19. The van der Waals surface area contributed by atoms with Gasteiger partial charge in [-0.1, -0.05) is 5.11 Å². The number of hydrogen-bond donors (Lipinski definition) is 0. The van der Waals surface area contributed by atoms with Crippen LogP contribution in [0.5, 0.6) is 0 Å². The second-order valence-electron chi connectivity index (χ2n) is 2.19. The van der Waals surface area contributed by atoms with Gasteiger partial charge in [0.2, 0.25) is 0 Å². The highest BCUT2D eigenvalue weighted by Crippen LogP contribution is 2.01. The maximum Gasteiger partial charge on any atom is 0.340 e. The third kappa shape index (κ3) is 5.33. The van der Waals surface area contributed by atoms with Crippen molar-refractivity contribution < 1.29 is 19.1 Å². The van der Waals surface area contributed by atoms with E-state index in [4.69, 9.17) is 5.53 Å². The number of azide groups is 1. The Labute approximate surface area is 86.3 Å². The molecule has 0 bridgehead atoms. The quantitative estimate of drug-likeness (QED) is 0.226. The summed E-state index contributed by atoms with van der Waals surface area (Å²) in [6.45, 7) is 3.50. The Morgan fingerprint density at radius 1 is 1.33 bits per heavy atom. The zero-order chi connectivity index (χ0) is 11.7. The molecule has 0 rings (SSSR count). The lowest BCUT2D eigenvalue weighted by atomic mass is 10.4. The fourth-order valence-electron chi connectivity index (χ4n) is 0.677. The molecule has 82 valence electrons. The van der Waals surface area contributed by atoms with Gasteiger partial charge in [0.1, 0.15) is 5.70 Å². The Kier molecular flexibility index (Phi) is 6.41. The zero-order valence-electron chi connectivity index (χ0n) is 8.47. The van der Waals surface area contributed by atoms with E-state index < -0.39 is 17.6 Å². The van der Waals surface area contributed by atoms with Gasteiger partial charge in [-0.3, -0.25) is 0 Å². The van der Waals surface area contributed by atoms with Gasteiger partial charge in [-0.15, -0.1) is 0 Å². The predicted molar refractivity (Wildman–Crippen MR) is 50.5 cm³/mol. The van der Waals surface area contributed by atoms with Crippen molar-refractivity contribution in [1.82, 2.24) is 0 Å². The van der Waals surface area contributed by atoms with Gasteiger partial charge in [0.25, 0.3) is 0 Å². The first-order chi connectivity index (χ1) is 7.15. The lowest BCUT2D eigenvalue weighted by Gasteiger charge is -2.00. The van der Waals surface area contributed by atoms with Gasteiger partial charge in [-0.2, -0.15) is 0 Å². The van der Waals surface area contributed by atoms with Crippen LogP contribution in [0.25, 0.3) is 10.4 Å². The summed E-state index contributed by atoms with van der Waals surface area (Å²) in [5.41, 5.74) is 7.74. The van der Waals surface area contributed by atoms with Crippen molar-refractivity contribution in [2.45, 2.75) is 13.8 Å². The highest BCUT2D eigenvalue weighted by Gasteiger charge is 2.11. The van der Waals surface area contributed by atoms with Crippen molar-refractivity contribution in [3.63, 3.8) is 0 Å². The second kappa shape index (κ2) is 7.40. The molecule has 15 heavy (non-hydrogen) atoms. The minimum absolute atomic E-state index is 0.125. The van der Waals surface area contributed by atoms with Gasteiger partial charge in [-0.05, 0) is 19.4 Å². The van der Waals surface area contributed by atoms with Crippen molar-refractivity contribution in [2.75, 3.05) is 13.2 Å². The Bertz CT molecular complexity index is 318. The standard InChI is InChI=1S/C8H11N3O4/c1-3-14-7(12)5-6(10-11-9)8(13)15-4-2/h5H,3-4H2,1-2H3/b6-5+. The lowest BCUT2D eigenvalue weighted by Crippen LogP contribution is -2.09. The number of carbonyl (C=O) groups excluding carboxylic acids is 2. The largest absolute Gasteiger partial charge is 0.463 e. The van der Waals surface area contributed by atoms with Gasteiger partial charge >= 0.3 is 11.9 Å². The van der Waals surface area contributed by atoms with Gasteiger partial charge < -0.3 is 9.47 Å². The molecule has 0 aliphatic carbocycles. The molecule has 0 radical (unpaired) electrons. The molecule has 0 amide bonds. The Hall–Kier alpha value is -2.01. The van der Waals surface area contributed by atoms with Crippen LogP contribution >= 0.6 is 0 Å². The van der Waals surface area contributed by atoms with E-state index in [9.17, 15) is 9.59 Å². The van der Waals surface area contributed by atoms with E-state index in [2.05, 4.69) is 19.5 Å². The molecule has 0 aliphatic rings. The number of esters is 2. The van der Waals surface area contributed by atoms with Crippen LogP contribution in [0.2, 0.25) is 0 Å². The molecule has 7 nitrogen and oxygen atoms in total. The molecule has 0 aromatic heterocycles. The van der Waals surface area contributed by atoms with Crippen molar-refractivity contribution in [3.8, 4) is 0 Å². The molecule has 7 heteroatoms. The van der Waals surface area contributed by atoms with E-state index in [-0.39, 0.29) is 13.2 Å². The summed E-state index contributed by atoms with van der Waals surface area (Å²) >= 11 is 0. The monoisotopic (exact) mass is 213 g/mol. The van der Waals surface area contributed by atoms with Crippen LogP contribution in [0, 0.1) is 0 Å². The predicted octanol–water partition coefficient (Wildman–Crippen LogP) is 1.31. The molecule has 0 spiro atoms. The summed E-state index contributed by atoms with van der Waals surface area (Å²) in [7, 11) is 0. The molecule has 0 atom stereocenters. The molecular formula is C8H11N3O4. The minimum atomic E-state index is -0.858. The summed E-state index contributed by atoms with van der Waals surface area (Å²) in [5, 5.41) is 3.03. The van der Waals surface area contributed by atoms with E-state index in [1.165, 1.54) is 0 Å². The van der Waals surface area contributed by atoms with E-state index in [1.807, 2.05) is 0 Å². The average Bonchev–Trinajstić information content (AvgIpc) is 2.18. The maximum atomic E-state index is 11.1. The van der Waals surface area contributed by atoms with E-state index in [0.29, 0.717) is 0 Å². The topological polar surface area (TPSA) is 101 Å². The van der Waals surface area contributed by atoms with Crippen LogP contribution in [0.3, 0.4) is 0 Å². The Balaban J connectivity index is 4.71. The van der Waals surface area contributed by atoms with Crippen LogP contribution < -0.4 is 0 Å². The van der Waals surface area contributed by atoms with Gasteiger partial charge in [0.15, 0.2) is 0 Å². The van der Waals surface area contributed by atoms with Crippen LogP contribution in [0.15, 0.2) is 16.9 Å². The molecule has 0 aliphatic heterocycles. The van der Waals surface area contributed by atoms with E-state index in [1.54, 1.807) is 13.8 Å². The summed E-state index contributed by atoms with van der Waals surface area (Å²) in [4.78, 5) is 24.5. The third-order valence-corrected chi connectivity index (χ3v) is 1.18. The fourth-order valence-corrected chi connectivity index (χ4v) is 0.677. The van der Waals surface area contributed by atoms with E-state index in [0.717, 1.165) is 6.08 Å². The van der Waals surface area contributed by atoms with Gasteiger partial charge in [0, 0.05) is 11.0 Å². The first-order valence-corrected chi connectivity index (χ1v) is 4.26. The molecule has 0 saturated heterocycles. The van der Waals surface area contributed by atoms with Gasteiger partial charge in [0.05, 0.1) is 13.2 Å². The molecule has 0 aromatic rings. The molecule has 0 heterocycles. The normalized spacial score (nSPS) is 10.1. The van der Waals surface area contributed by atoms with Crippen molar-refractivity contribution in [3.05, 3.63) is 22.2 Å². The minimum Gasteiger partial charge on any atom is -0.463 e. The maximum absolute atomic E-state index is 11.1. The van der Waals surface area contributed by atoms with Crippen molar-refractivity contribution in [2.24, 2.45) is 5.11 Å². The first-order valence-electron chi connectivity index (χ1n) is 4.26. The summed E-state index contributed by atoms with van der Waals surface area (Å²) < 4.78 is 9.10. The Morgan fingerprint density at radius 3 is 2.40 bits per heavy atom. The highest BCUT2D eigenvalue weighted by atomic mass is 16.5. The van der Waals surface area contributed by atoms with Crippen molar-refractivity contribution >= 4 is 11.9 Å². The summed E-state index contributed by atoms with van der Waals surface area (Å²) in [6.07, 6.45) is 0.793. The number of rotatable bonds is 5. The third-order valence-electron chi connectivity index (χ3n) is 1.18. The smallest absolute Gasteiger partial charge is 0.340 e. The number of hydrogen-bond acceptors (Lipinski definition) is 5.